The summed E-state index contributed by atoms with van der Waals surface area (Å²) in [5, 5.41) is 8.71. The number of aromatic nitrogens is 3. The summed E-state index contributed by atoms with van der Waals surface area (Å²) in [6, 6.07) is 16.9. The van der Waals surface area contributed by atoms with E-state index in [9.17, 15) is 9.18 Å². The van der Waals surface area contributed by atoms with E-state index in [-0.39, 0.29) is 5.82 Å². The van der Waals surface area contributed by atoms with Gasteiger partial charge in [0.25, 0.3) is 0 Å². The minimum absolute atomic E-state index is 0.313. The van der Waals surface area contributed by atoms with Crippen LogP contribution in [0.25, 0.3) is 33.9 Å². The number of aromatic amines is 1. The molecule has 144 valence electrons. The fourth-order valence-electron chi connectivity index (χ4n) is 2.91. The Hall–Kier alpha value is -4.00. The molecule has 0 aliphatic heterocycles. The van der Waals surface area contributed by atoms with Gasteiger partial charge in [-0.1, -0.05) is 0 Å². The summed E-state index contributed by atoms with van der Waals surface area (Å²) in [7, 11) is 0. The number of benzene rings is 2. The lowest BCUT2D eigenvalue weighted by Gasteiger charge is -2.03. The maximum absolute atomic E-state index is 13.4. The number of pyridine rings is 1. The van der Waals surface area contributed by atoms with Gasteiger partial charge in [-0.25, -0.2) is 14.2 Å². The Morgan fingerprint density at radius 3 is 2.24 bits per heavy atom. The Labute approximate surface area is 165 Å². The van der Waals surface area contributed by atoms with Gasteiger partial charge in [0.05, 0.1) is 11.4 Å². The summed E-state index contributed by atoms with van der Waals surface area (Å²) in [5.74, 6) is -0.269. The Morgan fingerprint density at radius 1 is 0.931 bits per heavy atom. The number of rotatable bonds is 6. The van der Waals surface area contributed by atoms with Crippen molar-refractivity contribution in [3.05, 3.63) is 78.9 Å². The number of carboxylic acids is 1. The lowest BCUT2D eigenvalue weighted by atomic mass is 10.1. The first kappa shape index (κ1) is 18.4. The second-order valence-electron chi connectivity index (χ2n) is 6.26. The van der Waals surface area contributed by atoms with Crippen molar-refractivity contribution in [2.75, 3.05) is 6.61 Å². The van der Waals surface area contributed by atoms with Crippen molar-refractivity contribution in [3.63, 3.8) is 0 Å². The van der Waals surface area contributed by atoms with Crippen LogP contribution >= 0.6 is 0 Å². The lowest BCUT2D eigenvalue weighted by Crippen LogP contribution is -2.09. The van der Waals surface area contributed by atoms with E-state index in [1.807, 2.05) is 12.1 Å². The van der Waals surface area contributed by atoms with Gasteiger partial charge in [-0.2, -0.15) is 0 Å². The van der Waals surface area contributed by atoms with Gasteiger partial charge in [0, 0.05) is 29.1 Å². The highest BCUT2D eigenvalue weighted by Gasteiger charge is 2.15. The maximum Gasteiger partial charge on any atom is 0.341 e. The molecule has 4 rings (SSSR count). The highest BCUT2D eigenvalue weighted by atomic mass is 19.1. The van der Waals surface area contributed by atoms with Crippen LogP contribution in [0.1, 0.15) is 0 Å². The minimum atomic E-state index is -1.04. The van der Waals surface area contributed by atoms with E-state index >= 15 is 0 Å². The molecule has 29 heavy (non-hydrogen) atoms. The summed E-state index contributed by atoms with van der Waals surface area (Å²) in [4.78, 5) is 22.7. The number of ether oxygens (including phenoxy) is 1. The van der Waals surface area contributed by atoms with Gasteiger partial charge >= 0.3 is 5.97 Å². The van der Waals surface area contributed by atoms with Crippen LogP contribution in [0.15, 0.2) is 73.1 Å². The number of nitrogens with one attached hydrogen (secondary N) is 1. The first-order valence-corrected chi connectivity index (χ1v) is 8.81. The third-order valence-corrected chi connectivity index (χ3v) is 4.28. The highest BCUT2D eigenvalue weighted by molar-refractivity contribution is 5.81. The lowest BCUT2D eigenvalue weighted by molar-refractivity contribution is -0.139. The summed E-state index contributed by atoms with van der Waals surface area (Å²) in [6.45, 7) is -0.402. The van der Waals surface area contributed by atoms with E-state index in [0.29, 0.717) is 17.3 Å². The zero-order chi connectivity index (χ0) is 20.2. The third-order valence-electron chi connectivity index (χ3n) is 4.28. The van der Waals surface area contributed by atoms with Crippen molar-refractivity contribution in [2.45, 2.75) is 0 Å². The number of carbonyl (C=O) groups is 1. The third kappa shape index (κ3) is 4.14. The molecule has 0 amide bonds. The molecule has 0 spiro atoms. The van der Waals surface area contributed by atoms with E-state index < -0.39 is 12.6 Å². The molecule has 0 aliphatic rings. The van der Waals surface area contributed by atoms with E-state index in [1.54, 1.807) is 48.8 Å². The van der Waals surface area contributed by atoms with E-state index in [2.05, 4.69) is 9.97 Å². The number of hydrogen-bond acceptors (Lipinski definition) is 4. The molecular formula is C22H16FN3O3. The number of halogens is 1. The largest absolute Gasteiger partial charge is 0.482 e. The average molecular weight is 389 g/mol. The quantitative estimate of drug-likeness (QED) is 0.510. The zero-order valence-corrected chi connectivity index (χ0v) is 15.2. The average Bonchev–Trinajstić information content (AvgIpc) is 3.19. The first-order valence-electron chi connectivity index (χ1n) is 8.81. The molecule has 0 bridgehead atoms. The van der Waals surface area contributed by atoms with Crippen molar-refractivity contribution in [1.29, 1.82) is 0 Å². The van der Waals surface area contributed by atoms with Crippen LogP contribution in [0.5, 0.6) is 5.75 Å². The predicted molar refractivity (Wildman–Crippen MR) is 106 cm³/mol. The van der Waals surface area contributed by atoms with Crippen LogP contribution in [0.4, 0.5) is 4.39 Å². The van der Waals surface area contributed by atoms with Crippen molar-refractivity contribution in [1.82, 2.24) is 15.0 Å². The minimum Gasteiger partial charge on any atom is -0.482 e. The Balaban J connectivity index is 1.73. The molecule has 0 saturated heterocycles. The van der Waals surface area contributed by atoms with Crippen LogP contribution in [0, 0.1) is 5.82 Å². The van der Waals surface area contributed by atoms with Crippen LogP contribution in [-0.2, 0) is 4.79 Å². The highest BCUT2D eigenvalue weighted by Crippen LogP contribution is 2.33. The van der Waals surface area contributed by atoms with E-state index in [1.165, 1.54) is 12.1 Å². The van der Waals surface area contributed by atoms with Gasteiger partial charge in [0.2, 0.25) is 0 Å². The Morgan fingerprint density at radius 2 is 1.59 bits per heavy atom. The van der Waals surface area contributed by atoms with Crippen molar-refractivity contribution in [3.8, 4) is 39.7 Å². The number of nitrogens with zero attached hydrogens (tertiary/aromatic N) is 2. The van der Waals surface area contributed by atoms with Crippen LogP contribution in [-0.4, -0.2) is 32.6 Å². The Bertz CT molecular complexity index is 1120. The van der Waals surface area contributed by atoms with Gasteiger partial charge in [-0.05, 0) is 60.7 Å². The maximum atomic E-state index is 13.4. The number of H-pyrrole nitrogens is 1. The monoisotopic (exact) mass is 389 g/mol. The molecule has 0 saturated carbocycles. The van der Waals surface area contributed by atoms with Gasteiger partial charge in [0.1, 0.15) is 17.4 Å². The van der Waals surface area contributed by atoms with Crippen LogP contribution in [0.2, 0.25) is 0 Å². The smallest absolute Gasteiger partial charge is 0.341 e. The summed E-state index contributed by atoms with van der Waals surface area (Å²) in [6.07, 6.45) is 3.39. The van der Waals surface area contributed by atoms with Crippen LogP contribution < -0.4 is 4.74 Å². The van der Waals surface area contributed by atoms with Gasteiger partial charge in [-0.3, -0.25) is 4.98 Å². The number of aliphatic carboxylic acids is 1. The molecule has 2 aromatic heterocycles. The molecule has 0 atom stereocenters. The van der Waals surface area contributed by atoms with Crippen molar-refractivity contribution < 1.29 is 19.0 Å². The summed E-state index contributed by atoms with van der Waals surface area (Å²) >= 11 is 0. The SMILES string of the molecule is O=C(O)COc1ccc(-c2nc(-c3ccc(F)cc3)c(-c3ccncc3)[nH]2)cc1. The predicted octanol–water partition coefficient (Wildman–Crippen LogP) is 4.41. The van der Waals surface area contributed by atoms with Gasteiger partial charge in [-0.15, -0.1) is 0 Å². The molecule has 0 aliphatic carbocycles. The summed E-state index contributed by atoms with van der Waals surface area (Å²) in [5.41, 5.74) is 3.97. The summed E-state index contributed by atoms with van der Waals surface area (Å²) < 4.78 is 18.5. The van der Waals surface area contributed by atoms with Crippen LogP contribution in [0.3, 0.4) is 0 Å². The molecule has 6 nitrogen and oxygen atoms in total. The standard InChI is InChI=1S/C22H16FN3O3/c23-17-5-1-14(2-6-17)20-21(15-9-11-24-12-10-15)26-22(25-20)16-3-7-18(8-4-16)29-13-19(27)28/h1-12H,13H2,(H,25,26)(H,27,28). The van der Waals surface area contributed by atoms with Crippen molar-refractivity contribution in [2.24, 2.45) is 0 Å². The Kier molecular flexibility index (Phi) is 5.03. The number of carboxylic acid groups (broad SMARTS) is 1. The van der Waals surface area contributed by atoms with Gasteiger partial charge < -0.3 is 14.8 Å². The molecule has 4 aromatic rings. The molecule has 0 unspecified atom stereocenters. The molecule has 7 heteroatoms. The fourth-order valence-corrected chi connectivity index (χ4v) is 2.91. The molecule has 0 fully saturated rings. The van der Waals surface area contributed by atoms with E-state index in [4.69, 9.17) is 14.8 Å². The van der Waals surface area contributed by atoms with Crippen molar-refractivity contribution >= 4 is 5.97 Å². The second kappa shape index (κ2) is 7.93. The molecule has 2 heterocycles. The molecule has 2 aromatic carbocycles. The first-order chi connectivity index (χ1) is 14.1. The fraction of sp³-hybridized carbons (Fsp3) is 0.0455. The number of imidazole rings is 1. The molecule has 2 N–H and O–H groups in total. The molecule has 0 radical (unpaired) electrons. The van der Waals surface area contributed by atoms with Gasteiger partial charge in [0.15, 0.2) is 6.61 Å². The number of hydrogen-bond donors (Lipinski definition) is 2. The topological polar surface area (TPSA) is 88.1 Å². The molecular weight excluding hydrogens is 373 g/mol. The zero-order valence-electron chi connectivity index (χ0n) is 15.2. The van der Waals surface area contributed by atoms with E-state index in [0.717, 1.165) is 22.4 Å². The second-order valence-corrected chi connectivity index (χ2v) is 6.26. The normalized spacial score (nSPS) is 10.7.